The Kier molecular flexibility index (Phi) is 5.15. The van der Waals surface area contributed by atoms with E-state index in [0.29, 0.717) is 0 Å². The number of carbonyl (C=O) groups is 1. The van der Waals surface area contributed by atoms with Crippen LogP contribution in [0.15, 0.2) is 54.6 Å². The molecule has 0 aliphatic rings. The molecule has 0 atom stereocenters. The molecule has 0 saturated carbocycles. The molecule has 0 fully saturated rings. The quantitative estimate of drug-likeness (QED) is 0.719. The fourth-order valence-corrected chi connectivity index (χ4v) is 1.80. The molecule has 0 aromatic heterocycles. The van der Waals surface area contributed by atoms with Gasteiger partial charge in [-0.1, -0.05) is 30.3 Å². The molecule has 1 amide bonds. The van der Waals surface area contributed by atoms with Gasteiger partial charge < -0.3 is 10.1 Å². The maximum atomic E-state index is 13.4. The first-order chi connectivity index (χ1) is 12.0. The van der Waals surface area contributed by atoms with Crippen LogP contribution in [0.25, 0.3) is 0 Å². The second-order valence-electron chi connectivity index (χ2n) is 5.01. The Hall–Kier alpha value is -2.78. The third-order valence-corrected chi connectivity index (χ3v) is 3.14. The number of nitrogens with one attached hydrogen (secondary N) is 1. The van der Waals surface area contributed by atoms with Crippen LogP contribution in [0.2, 0.25) is 0 Å². The fraction of sp³-hybridized carbons (Fsp3) is 0.188. The molecule has 140 valence electrons. The average Bonchev–Trinajstić information content (AvgIpc) is 2.56. The van der Waals surface area contributed by atoms with Crippen LogP contribution in [-0.4, -0.2) is 23.9 Å². The van der Waals surface area contributed by atoms with E-state index in [1.165, 1.54) is 35.6 Å². The number of para-hydroxylation sites is 3. The molecule has 2 aromatic rings. The molecule has 0 radical (unpaired) electrons. The number of hydrogen-bond acceptors (Lipinski definition) is 2. The van der Waals surface area contributed by atoms with Gasteiger partial charge in [0.05, 0.1) is 5.69 Å². The monoisotopic (exact) mass is 381 g/mol. The van der Waals surface area contributed by atoms with Crippen molar-refractivity contribution < 1.29 is 40.3 Å². The predicted molar refractivity (Wildman–Crippen MR) is 77.5 cm³/mol. The van der Waals surface area contributed by atoms with Gasteiger partial charge >= 0.3 is 23.9 Å². The third kappa shape index (κ3) is 3.73. The van der Waals surface area contributed by atoms with Gasteiger partial charge in [-0.15, -0.1) is 0 Å². The van der Waals surface area contributed by atoms with Gasteiger partial charge in [0, 0.05) is 0 Å². The molecule has 0 spiro atoms. The maximum absolute atomic E-state index is 13.4. The molecule has 0 bridgehead atoms. The number of ether oxygens (including phenoxy) is 1. The summed E-state index contributed by atoms with van der Waals surface area (Å²) in [6.07, 6.45) is -6.60. The highest BCUT2D eigenvalue weighted by Gasteiger charge is 2.76. The Morgan fingerprint density at radius 1 is 0.808 bits per heavy atom. The van der Waals surface area contributed by atoms with Gasteiger partial charge in [0.2, 0.25) is 0 Å². The first-order valence-corrected chi connectivity index (χ1v) is 6.92. The van der Waals surface area contributed by atoms with E-state index in [1.54, 1.807) is 18.2 Å². The van der Waals surface area contributed by atoms with Crippen LogP contribution < -0.4 is 10.1 Å². The Morgan fingerprint density at radius 2 is 1.35 bits per heavy atom. The smallest absolute Gasteiger partial charge is 0.455 e. The molecule has 3 nitrogen and oxygen atoms in total. The lowest BCUT2D eigenvalue weighted by Gasteiger charge is -2.27. The lowest BCUT2D eigenvalue weighted by Crippen LogP contribution is -2.57. The standard InChI is InChI=1S/C16H10F7NO2/c17-14(18,15(19,20)16(21,22)23)13(25)24-11-8-4-5-9-12(11)26-10-6-2-1-3-7-10/h1-9H,(H,24,25). The van der Waals surface area contributed by atoms with Crippen LogP contribution in [0, 0.1) is 0 Å². The van der Waals surface area contributed by atoms with Crippen molar-refractivity contribution >= 4 is 11.6 Å². The summed E-state index contributed by atoms with van der Waals surface area (Å²) in [6.45, 7) is 0. The molecular formula is C16H10F7NO2. The number of benzene rings is 2. The van der Waals surface area contributed by atoms with Crippen LogP contribution in [0.1, 0.15) is 0 Å². The second-order valence-corrected chi connectivity index (χ2v) is 5.01. The summed E-state index contributed by atoms with van der Waals surface area (Å²) < 4.78 is 94.5. The molecular weight excluding hydrogens is 371 g/mol. The highest BCUT2D eigenvalue weighted by atomic mass is 19.4. The predicted octanol–water partition coefficient (Wildman–Crippen LogP) is 5.25. The van der Waals surface area contributed by atoms with Gasteiger partial charge in [0.25, 0.3) is 0 Å². The van der Waals surface area contributed by atoms with Crippen molar-refractivity contribution in [2.75, 3.05) is 5.32 Å². The van der Waals surface area contributed by atoms with Crippen LogP contribution in [0.3, 0.4) is 0 Å². The molecule has 1 N–H and O–H groups in total. The maximum Gasteiger partial charge on any atom is 0.460 e. The molecule has 0 aliphatic heterocycles. The number of alkyl halides is 7. The SMILES string of the molecule is O=C(Nc1ccccc1Oc1ccccc1)C(F)(F)C(F)(F)C(F)(F)F. The van der Waals surface area contributed by atoms with Gasteiger partial charge in [-0.2, -0.15) is 30.7 Å². The van der Waals surface area contributed by atoms with Crippen molar-refractivity contribution in [3.8, 4) is 11.5 Å². The summed E-state index contributed by atoms with van der Waals surface area (Å²) in [5, 5.41) is 1.36. The lowest BCUT2D eigenvalue weighted by molar-refractivity contribution is -0.343. The summed E-state index contributed by atoms with van der Waals surface area (Å²) in [5.74, 6) is -15.4. The number of halogens is 7. The summed E-state index contributed by atoms with van der Waals surface area (Å²) in [6, 6.07) is 12.6. The van der Waals surface area contributed by atoms with E-state index >= 15 is 0 Å². The topological polar surface area (TPSA) is 38.3 Å². The first-order valence-electron chi connectivity index (χ1n) is 6.92. The normalized spacial score (nSPS) is 12.6. The Labute approximate surface area is 142 Å². The first kappa shape index (κ1) is 19.5. The molecule has 10 heteroatoms. The lowest BCUT2D eigenvalue weighted by atomic mass is 10.1. The molecule has 0 heterocycles. The van der Waals surface area contributed by atoms with E-state index < -0.39 is 29.6 Å². The minimum atomic E-state index is -6.60. The van der Waals surface area contributed by atoms with E-state index in [1.807, 2.05) is 0 Å². The van der Waals surface area contributed by atoms with Gasteiger partial charge in [-0.3, -0.25) is 4.79 Å². The van der Waals surface area contributed by atoms with Crippen LogP contribution in [-0.2, 0) is 4.79 Å². The van der Waals surface area contributed by atoms with E-state index in [4.69, 9.17) is 4.74 Å². The van der Waals surface area contributed by atoms with Crippen molar-refractivity contribution in [2.45, 2.75) is 18.0 Å². The number of rotatable bonds is 5. The van der Waals surface area contributed by atoms with Gasteiger partial charge in [0.1, 0.15) is 5.75 Å². The fourth-order valence-electron chi connectivity index (χ4n) is 1.80. The van der Waals surface area contributed by atoms with E-state index in [2.05, 4.69) is 0 Å². The summed E-state index contributed by atoms with van der Waals surface area (Å²) in [5.41, 5.74) is -0.501. The van der Waals surface area contributed by atoms with Crippen molar-refractivity contribution in [1.82, 2.24) is 0 Å². The minimum absolute atomic E-state index is 0.224. The van der Waals surface area contributed by atoms with Gasteiger partial charge in [-0.05, 0) is 24.3 Å². The zero-order valence-electron chi connectivity index (χ0n) is 12.7. The summed E-state index contributed by atoms with van der Waals surface area (Å²) in [7, 11) is 0. The zero-order valence-corrected chi connectivity index (χ0v) is 12.7. The molecule has 26 heavy (non-hydrogen) atoms. The average molecular weight is 381 g/mol. The molecule has 0 saturated heterocycles. The summed E-state index contributed by atoms with van der Waals surface area (Å²) in [4.78, 5) is 11.4. The number of amides is 1. The third-order valence-electron chi connectivity index (χ3n) is 3.14. The van der Waals surface area contributed by atoms with Gasteiger partial charge in [-0.25, -0.2) is 0 Å². The Balaban J connectivity index is 2.27. The van der Waals surface area contributed by atoms with Crippen molar-refractivity contribution in [3.63, 3.8) is 0 Å². The van der Waals surface area contributed by atoms with Crippen LogP contribution >= 0.6 is 0 Å². The molecule has 2 aromatic carbocycles. The van der Waals surface area contributed by atoms with Crippen molar-refractivity contribution in [1.29, 1.82) is 0 Å². The van der Waals surface area contributed by atoms with Crippen molar-refractivity contribution in [2.24, 2.45) is 0 Å². The molecule has 2 rings (SSSR count). The highest BCUT2D eigenvalue weighted by Crippen LogP contribution is 2.47. The van der Waals surface area contributed by atoms with E-state index in [0.717, 1.165) is 6.07 Å². The zero-order chi connectivity index (χ0) is 19.6. The molecule has 0 aliphatic carbocycles. The molecule has 0 unspecified atom stereocenters. The van der Waals surface area contributed by atoms with Gasteiger partial charge in [0.15, 0.2) is 5.75 Å². The number of hydrogen-bond donors (Lipinski definition) is 1. The highest BCUT2D eigenvalue weighted by molar-refractivity contribution is 5.98. The Morgan fingerprint density at radius 3 is 1.92 bits per heavy atom. The van der Waals surface area contributed by atoms with E-state index in [-0.39, 0.29) is 11.5 Å². The summed E-state index contributed by atoms with van der Waals surface area (Å²) >= 11 is 0. The van der Waals surface area contributed by atoms with Crippen LogP contribution in [0.5, 0.6) is 11.5 Å². The minimum Gasteiger partial charge on any atom is -0.455 e. The van der Waals surface area contributed by atoms with E-state index in [9.17, 15) is 35.5 Å². The largest absolute Gasteiger partial charge is 0.460 e. The number of anilines is 1. The Bertz CT molecular complexity index is 776. The number of carbonyl (C=O) groups excluding carboxylic acids is 1. The van der Waals surface area contributed by atoms with Crippen LogP contribution in [0.4, 0.5) is 36.4 Å². The second kappa shape index (κ2) is 6.85. The van der Waals surface area contributed by atoms with Crippen molar-refractivity contribution in [3.05, 3.63) is 54.6 Å².